The Kier molecular flexibility index (Phi) is 6.31. The molecule has 6 nitrogen and oxygen atoms in total. The molecule has 0 bridgehead atoms. The SMILES string of the molecule is Cc1ccc(C(=O)O[C@H](C)C(=O)Nc2ccc(N3CCOCC3)cc2)cc1C. The van der Waals surface area contributed by atoms with E-state index in [-0.39, 0.29) is 5.91 Å². The van der Waals surface area contributed by atoms with Gasteiger partial charge in [-0.2, -0.15) is 0 Å². The van der Waals surface area contributed by atoms with Crippen molar-refractivity contribution in [3.8, 4) is 0 Å². The highest BCUT2D eigenvalue weighted by Gasteiger charge is 2.19. The van der Waals surface area contributed by atoms with E-state index in [9.17, 15) is 9.59 Å². The zero-order valence-electron chi connectivity index (χ0n) is 16.5. The summed E-state index contributed by atoms with van der Waals surface area (Å²) in [5, 5.41) is 2.79. The van der Waals surface area contributed by atoms with Crippen molar-refractivity contribution in [3.05, 3.63) is 59.2 Å². The summed E-state index contributed by atoms with van der Waals surface area (Å²) in [6, 6.07) is 13.0. The molecule has 2 aromatic rings. The van der Waals surface area contributed by atoms with Gasteiger partial charge in [-0.1, -0.05) is 6.07 Å². The van der Waals surface area contributed by atoms with Crippen molar-refractivity contribution in [2.75, 3.05) is 36.5 Å². The molecule has 1 fully saturated rings. The molecule has 1 heterocycles. The molecule has 0 saturated carbocycles. The number of anilines is 2. The molecule has 1 saturated heterocycles. The lowest BCUT2D eigenvalue weighted by atomic mass is 10.1. The highest BCUT2D eigenvalue weighted by molar-refractivity contribution is 5.97. The Morgan fingerprint density at radius 2 is 1.71 bits per heavy atom. The van der Waals surface area contributed by atoms with Crippen molar-refractivity contribution in [2.24, 2.45) is 0 Å². The third-order valence-corrected chi connectivity index (χ3v) is 4.91. The molecule has 1 amide bonds. The van der Waals surface area contributed by atoms with Gasteiger partial charge in [0.15, 0.2) is 6.10 Å². The fourth-order valence-corrected chi connectivity index (χ4v) is 2.97. The lowest BCUT2D eigenvalue weighted by Gasteiger charge is -2.28. The van der Waals surface area contributed by atoms with E-state index in [0.29, 0.717) is 11.3 Å². The van der Waals surface area contributed by atoms with E-state index in [1.54, 1.807) is 19.1 Å². The lowest BCUT2D eigenvalue weighted by molar-refractivity contribution is -0.123. The number of hydrogen-bond acceptors (Lipinski definition) is 5. The molecular weight excluding hydrogens is 356 g/mol. The van der Waals surface area contributed by atoms with Crippen LogP contribution in [0.4, 0.5) is 11.4 Å². The van der Waals surface area contributed by atoms with Crippen molar-refractivity contribution in [1.82, 2.24) is 0 Å². The van der Waals surface area contributed by atoms with Crippen LogP contribution < -0.4 is 10.2 Å². The molecule has 0 radical (unpaired) electrons. The fourth-order valence-electron chi connectivity index (χ4n) is 2.97. The van der Waals surface area contributed by atoms with Crippen LogP contribution in [0.5, 0.6) is 0 Å². The van der Waals surface area contributed by atoms with Crippen molar-refractivity contribution in [2.45, 2.75) is 26.9 Å². The number of amides is 1. The molecule has 0 unspecified atom stereocenters. The molecule has 1 atom stereocenters. The first kappa shape index (κ1) is 19.9. The van der Waals surface area contributed by atoms with E-state index in [4.69, 9.17) is 9.47 Å². The molecule has 1 aliphatic heterocycles. The van der Waals surface area contributed by atoms with Crippen LogP contribution in [-0.2, 0) is 14.3 Å². The normalized spacial score (nSPS) is 15.0. The summed E-state index contributed by atoms with van der Waals surface area (Å²) in [5.74, 6) is -0.871. The van der Waals surface area contributed by atoms with Crippen molar-refractivity contribution in [3.63, 3.8) is 0 Å². The van der Waals surface area contributed by atoms with Crippen molar-refractivity contribution >= 4 is 23.3 Å². The summed E-state index contributed by atoms with van der Waals surface area (Å²) < 4.78 is 10.7. The Hall–Kier alpha value is -2.86. The monoisotopic (exact) mass is 382 g/mol. The number of ether oxygens (including phenoxy) is 2. The number of esters is 1. The van der Waals surface area contributed by atoms with Crippen molar-refractivity contribution in [1.29, 1.82) is 0 Å². The van der Waals surface area contributed by atoms with Crippen LogP contribution in [0, 0.1) is 13.8 Å². The largest absolute Gasteiger partial charge is 0.449 e. The van der Waals surface area contributed by atoms with Crippen LogP contribution in [0.3, 0.4) is 0 Å². The standard InChI is InChI=1S/C22H26N2O4/c1-15-4-5-18(14-16(15)2)22(26)28-17(3)21(25)23-19-6-8-20(9-7-19)24-10-12-27-13-11-24/h4-9,14,17H,10-13H2,1-3H3,(H,23,25)/t17-/m1/s1. The predicted octanol–water partition coefficient (Wildman–Crippen LogP) is 3.32. The number of rotatable bonds is 5. The topological polar surface area (TPSA) is 67.9 Å². The Labute approximate surface area is 165 Å². The summed E-state index contributed by atoms with van der Waals surface area (Å²) in [7, 11) is 0. The highest BCUT2D eigenvalue weighted by Crippen LogP contribution is 2.19. The van der Waals surface area contributed by atoms with Gasteiger partial charge in [-0.3, -0.25) is 4.79 Å². The summed E-state index contributed by atoms with van der Waals surface area (Å²) in [4.78, 5) is 26.9. The Balaban J connectivity index is 1.56. The lowest BCUT2D eigenvalue weighted by Crippen LogP contribution is -2.36. The average Bonchev–Trinajstić information content (AvgIpc) is 2.71. The zero-order valence-corrected chi connectivity index (χ0v) is 16.5. The smallest absolute Gasteiger partial charge is 0.338 e. The molecule has 2 aromatic carbocycles. The number of nitrogens with zero attached hydrogens (tertiary/aromatic N) is 1. The zero-order chi connectivity index (χ0) is 20.1. The first-order valence-electron chi connectivity index (χ1n) is 9.46. The van der Waals surface area contributed by atoms with Crippen LogP contribution in [0.2, 0.25) is 0 Å². The maximum Gasteiger partial charge on any atom is 0.338 e. The van der Waals surface area contributed by atoms with Gasteiger partial charge in [0.2, 0.25) is 0 Å². The van der Waals surface area contributed by atoms with Gasteiger partial charge in [0, 0.05) is 24.5 Å². The van der Waals surface area contributed by atoms with E-state index in [1.165, 1.54) is 0 Å². The van der Waals surface area contributed by atoms with Gasteiger partial charge in [-0.25, -0.2) is 4.79 Å². The number of benzene rings is 2. The molecule has 1 N–H and O–H groups in total. The van der Waals surface area contributed by atoms with Gasteiger partial charge in [0.1, 0.15) is 0 Å². The maximum atomic E-state index is 12.4. The third-order valence-electron chi connectivity index (χ3n) is 4.91. The Bertz CT molecular complexity index is 842. The molecule has 0 aliphatic carbocycles. The van der Waals surface area contributed by atoms with Gasteiger partial charge in [-0.15, -0.1) is 0 Å². The van der Waals surface area contributed by atoms with Gasteiger partial charge in [0.05, 0.1) is 18.8 Å². The molecule has 0 spiro atoms. The number of morpholine rings is 1. The highest BCUT2D eigenvalue weighted by atomic mass is 16.5. The van der Waals surface area contributed by atoms with Crippen LogP contribution >= 0.6 is 0 Å². The van der Waals surface area contributed by atoms with Gasteiger partial charge in [0.25, 0.3) is 5.91 Å². The van der Waals surface area contributed by atoms with Gasteiger partial charge < -0.3 is 19.7 Å². The molecule has 28 heavy (non-hydrogen) atoms. The number of nitrogens with one attached hydrogen (secondary N) is 1. The van der Waals surface area contributed by atoms with E-state index < -0.39 is 12.1 Å². The van der Waals surface area contributed by atoms with Crippen LogP contribution in [0.1, 0.15) is 28.4 Å². The quantitative estimate of drug-likeness (QED) is 0.804. The van der Waals surface area contributed by atoms with Crippen LogP contribution in [0.15, 0.2) is 42.5 Å². The molecule has 0 aromatic heterocycles. The summed E-state index contributed by atoms with van der Waals surface area (Å²) in [6.45, 7) is 8.64. The first-order chi connectivity index (χ1) is 13.4. The van der Waals surface area contributed by atoms with E-state index in [0.717, 1.165) is 43.1 Å². The van der Waals surface area contributed by atoms with Gasteiger partial charge in [-0.05, 0) is 68.3 Å². The fraction of sp³-hybridized carbons (Fsp3) is 0.364. The molecular formula is C22H26N2O4. The number of carbonyl (C=O) groups excluding carboxylic acids is 2. The third kappa shape index (κ3) is 4.89. The number of hydrogen-bond donors (Lipinski definition) is 1. The predicted molar refractivity (Wildman–Crippen MR) is 109 cm³/mol. The number of aryl methyl sites for hydroxylation is 2. The maximum absolute atomic E-state index is 12.4. The van der Waals surface area contributed by atoms with Crippen molar-refractivity contribution < 1.29 is 19.1 Å². The van der Waals surface area contributed by atoms with E-state index in [1.807, 2.05) is 44.2 Å². The number of carbonyl (C=O) groups is 2. The minimum atomic E-state index is -0.895. The molecule has 6 heteroatoms. The van der Waals surface area contributed by atoms with Crippen LogP contribution in [0.25, 0.3) is 0 Å². The molecule has 1 aliphatic rings. The van der Waals surface area contributed by atoms with Gasteiger partial charge >= 0.3 is 5.97 Å². The summed E-state index contributed by atoms with van der Waals surface area (Å²) >= 11 is 0. The van der Waals surface area contributed by atoms with E-state index in [2.05, 4.69) is 10.2 Å². The first-order valence-corrected chi connectivity index (χ1v) is 9.46. The summed E-state index contributed by atoms with van der Waals surface area (Å²) in [5.41, 5.74) is 4.30. The second-order valence-electron chi connectivity index (χ2n) is 6.98. The Morgan fingerprint density at radius 1 is 1.04 bits per heavy atom. The molecule has 148 valence electrons. The Morgan fingerprint density at radius 3 is 2.36 bits per heavy atom. The second kappa shape index (κ2) is 8.89. The molecule has 3 rings (SSSR count). The minimum absolute atomic E-state index is 0.365. The summed E-state index contributed by atoms with van der Waals surface area (Å²) in [6.07, 6.45) is -0.895. The van der Waals surface area contributed by atoms with E-state index >= 15 is 0 Å². The second-order valence-corrected chi connectivity index (χ2v) is 6.98. The minimum Gasteiger partial charge on any atom is -0.449 e. The average molecular weight is 382 g/mol. The van der Waals surface area contributed by atoms with Crippen LogP contribution in [-0.4, -0.2) is 44.3 Å².